The number of ether oxygens (including phenoxy) is 2. The van der Waals surface area contributed by atoms with Gasteiger partial charge >= 0.3 is 5.97 Å². The molecule has 1 N–H and O–H groups in total. The lowest BCUT2D eigenvalue weighted by Gasteiger charge is -2.15. The van der Waals surface area contributed by atoms with E-state index in [4.69, 9.17) is 21.1 Å². The van der Waals surface area contributed by atoms with Crippen LogP contribution >= 0.6 is 11.6 Å². The molecule has 0 aliphatic heterocycles. The molecule has 1 atom stereocenters. The van der Waals surface area contributed by atoms with Crippen LogP contribution < -0.4 is 10.1 Å². The highest BCUT2D eigenvalue weighted by molar-refractivity contribution is 6.30. The van der Waals surface area contributed by atoms with Crippen molar-refractivity contribution in [1.82, 2.24) is 9.88 Å². The minimum absolute atomic E-state index is 0.187. The first kappa shape index (κ1) is 22.4. The Morgan fingerprint density at radius 3 is 2.48 bits per heavy atom. The number of carbonyl (C=O) groups excluding carboxylic acids is 2. The average molecular weight is 441 g/mol. The normalized spacial score (nSPS) is 11.6. The summed E-state index contributed by atoms with van der Waals surface area (Å²) in [6.07, 6.45) is 0. The molecule has 3 rings (SSSR count). The quantitative estimate of drug-likeness (QED) is 0.536. The van der Waals surface area contributed by atoms with E-state index in [0.29, 0.717) is 22.0 Å². The number of esters is 1. The van der Waals surface area contributed by atoms with Gasteiger partial charge in [-0.3, -0.25) is 4.79 Å². The Hall–Kier alpha value is -3.25. The Morgan fingerprint density at radius 1 is 1.10 bits per heavy atom. The lowest BCUT2D eigenvalue weighted by Crippen LogP contribution is -2.31. The molecular formula is C24H25ClN2O4. The van der Waals surface area contributed by atoms with Crippen LogP contribution in [0.25, 0.3) is 5.69 Å². The summed E-state index contributed by atoms with van der Waals surface area (Å²) in [5, 5.41) is 3.38. The Bertz CT molecular complexity index is 1090. The zero-order valence-electron chi connectivity index (χ0n) is 17.9. The van der Waals surface area contributed by atoms with E-state index >= 15 is 0 Å². The van der Waals surface area contributed by atoms with Crippen LogP contribution in [0.2, 0.25) is 5.02 Å². The third-order valence-electron chi connectivity index (χ3n) is 5.04. The van der Waals surface area contributed by atoms with Gasteiger partial charge in [0.25, 0.3) is 5.91 Å². The third-order valence-corrected chi connectivity index (χ3v) is 5.28. The first-order chi connectivity index (χ1) is 14.8. The zero-order chi connectivity index (χ0) is 22.5. The molecule has 0 spiro atoms. The van der Waals surface area contributed by atoms with Crippen LogP contribution in [-0.4, -0.2) is 30.2 Å². The number of aromatic nitrogens is 1. The maximum Gasteiger partial charge on any atom is 0.340 e. The molecular weight excluding hydrogens is 416 g/mol. The number of nitrogens with zero attached hydrogens (tertiary/aromatic N) is 1. The molecule has 1 amide bonds. The standard InChI is InChI=1S/C24H25ClN2O4/c1-15-12-20(17(3)27(15)21-13-19(25)10-11-22(21)30-4)24(29)31-14-23(28)26-16(2)18-8-6-5-7-9-18/h5-13,16H,14H2,1-4H3,(H,26,28)/t16-/m1/s1. The second kappa shape index (κ2) is 9.71. The molecule has 0 saturated heterocycles. The molecule has 1 aromatic heterocycles. The predicted molar refractivity (Wildman–Crippen MR) is 120 cm³/mol. The van der Waals surface area contributed by atoms with Gasteiger partial charge in [-0.05, 0) is 50.6 Å². The number of rotatable bonds is 7. The Morgan fingerprint density at radius 2 is 1.81 bits per heavy atom. The number of benzene rings is 2. The van der Waals surface area contributed by atoms with Crippen LogP contribution in [0, 0.1) is 13.8 Å². The van der Waals surface area contributed by atoms with E-state index < -0.39 is 5.97 Å². The summed E-state index contributed by atoms with van der Waals surface area (Å²) in [7, 11) is 1.57. The Labute approximate surface area is 186 Å². The van der Waals surface area contributed by atoms with E-state index in [1.54, 1.807) is 31.4 Å². The number of hydrogen-bond donors (Lipinski definition) is 1. The van der Waals surface area contributed by atoms with Crippen molar-refractivity contribution in [3.63, 3.8) is 0 Å². The topological polar surface area (TPSA) is 69.6 Å². The fourth-order valence-electron chi connectivity index (χ4n) is 3.50. The fourth-order valence-corrected chi connectivity index (χ4v) is 3.66. The minimum atomic E-state index is -0.567. The molecule has 0 aliphatic carbocycles. The van der Waals surface area contributed by atoms with Gasteiger partial charge in [0.2, 0.25) is 0 Å². The van der Waals surface area contributed by atoms with Crippen LogP contribution in [0.5, 0.6) is 5.75 Å². The van der Waals surface area contributed by atoms with Crippen molar-refractivity contribution >= 4 is 23.5 Å². The summed E-state index contributed by atoms with van der Waals surface area (Å²) in [6, 6.07) is 16.4. The molecule has 3 aromatic rings. The van der Waals surface area contributed by atoms with Crippen molar-refractivity contribution in [3.05, 3.63) is 82.1 Å². The number of nitrogens with one attached hydrogen (secondary N) is 1. The highest BCUT2D eigenvalue weighted by atomic mass is 35.5. The average Bonchev–Trinajstić information content (AvgIpc) is 3.06. The Kier molecular flexibility index (Phi) is 7.02. The second-order valence-electron chi connectivity index (χ2n) is 7.21. The summed E-state index contributed by atoms with van der Waals surface area (Å²) in [6.45, 7) is 5.20. The molecule has 162 valence electrons. The second-order valence-corrected chi connectivity index (χ2v) is 7.65. The molecule has 0 saturated carbocycles. The third kappa shape index (κ3) is 5.09. The summed E-state index contributed by atoms with van der Waals surface area (Å²) in [4.78, 5) is 24.9. The van der Waals surface area contributed by atoms with Gasteiger partial charge in [0.15, 0.2) is 6.61 Å². The van der Waals surface area contributed by atoms with Crippen molar-refractivity contribution in [3.8, 4) is 11.4 Å². The van der Waals surface area contributed by atoms with Crippen molar-refractivity contribution < 1.29 is 19.1 Å². The summed E-state index contributed by atoms with van der Waals surface area (Å²) in [5.41, 5.74) is 3.55. The van der Waals surface area contributed by atoms with Crippen LogP contribution in [0.1, 0.15) is 40.3 Å². The fraction of sp³-hybridized carbons (Fsp3) is 0.250. The van der Waals surface area contributed by atoms with E-state index in [1.807, 2.05) is 55.7 Å². The summed E-state index contributed by atoms with van der Waals surface area (Å²) in [5.74, 6) is -0.307. The van der Waals surface area contributed by atoms with E-state index in [2.05, 4.69) is 5.32 Å². The number of hydrogen-bond acceptors (Lipinski definition) is 4. The molecule has 0 aliphatic rings. The molecule has 7 heteroatoms. The lowest BCUT2D eigenvalue weighted by atomic mass is 10.1. The predicted octanol–water partition coefficient (Wildman–Crippen LogP) is 4.79. The van der Waals surface area contributed by atoms with Crippen LogP contribution in [-0.2, 0) is 9.53 Å². The van der Waals surface area contributed by atoms with Crippen LogP contribution in [0.3, 0.4) is 0 Å². The first-order valence-electron chi connectivity index (χ1n) is 9.86. The van der Waals surface area contributed by atoms with Gasteiger partial charge in [-0.1, -0.05) is 41.9 Å². The summed E-state index contributed by atoms with van der Waals surface area (Å²) < 4.78 is 12.6. The monoisotopic (exact) mass is 440 g/mol. The van der Waals surface area contributed by atoms with Crippen molar-refractivity contribution in [1.29, 1.82) is 0 Å². The zero-order valence-corrected chi connectivity index (χ0v) is 18.7. The maximum absolute atomic E-state index is 12.7. The number of carbonyl (C=O) groups is 2. The molecule has 0 unspecified atom stereocenters. The lowest BCUT2D eigenvalue weighted by molar-refractivity contribution is -0.124. The van der Waals surface area contributed by atoms with Gasteiger partial charge in [-0.2, -0.15) is 0 Å². The van der Waals surface area contributed by atoms with Crippen molar-refractivity contribution in [2.45, 2.75) is 26.8 Å². The van der Waals surface area contributed by atoms with Crippen molar-refractivity contribution in [2.24, 2.45) is 0 Å². The minimum Gasteiger partial charge on any atom is -0.495 e. The van der Waals surface area contributed by atoms with E-state index in [0.717, 1.165) is 16.9 Å². The number of halogens is 1. The van der Waals surface area contributed by atoms with Gasteiger partial charge < -0.3 is 19.4 Å². The van der Waals surface area contributed by atoms with Crippen LogP contribution in [0.15, 0.2) is 54.6 Å². The largest absolute Gasteiger partial charge is 0.495 e. The molecule has 2 aromatic carbocycles. The van der Waals surface area contributed by atoms with Crippen LogP contribution in [0.4, 0.5) is 0 Å². The molecule has 0 bridgehead atoms. The Balaban J connectivity index is 1.71. The van der Waals surface area contributed by atoms with E-state index in [1.165, 1.54) is 0 Å². The molecule has 31 heavy (non-hydrogen) atoms. The van der Waals surface area contributed by atoms with Gasteiger partial charge in [0, 0.05) is 16.4 Å². The molecule has 0 radical (unpaired) electrons. The highest BCUT2D eigenvalue weighted by Crippen LogP contribution is 2.30. The molecule has 6 nitrogen and oxygen atoms in total. The van der Waals surface area contributed by atoms with Gasteiger partial charge in [0.1, 0.15) is 5.75 Å². The maximum atomic E-state index is 12.7. The van der Waals surface area contributed by atoms with Gasteiger partial charge in [0.05, 0.1) is 24.4 Å². The van der Waals surface area contributed by atoms with Gasteiger partial charge in [-0.25, -0.2) is 4.79 Å². The summed E-state index contributed by atoms with van der Waals surface area (Å²) >= 11 is 6.16. The SMILES string of the molecule is COc1ccc(Cl)cc1-n1c(C)cc(C(=O)OCC(=O)N[C@H](C)c2ccccc2)c1C. The van der Waals surface area contributed by atoms with Gasteiger partial charge in [-0.15, -0.1) is 0 Å². The first-order valence-corrected chi connectivity index (χ1v) is 10.2. The number of amides is 1. The number of methoxy groups -OCH3 is 1. The molecule has 0 fully saturated rings. The highest BCUT2D eigenvalue weighted by Gasteiger charge is 2.21. The number of aryl methyl sites for hydroxylation is 1. The van der Waals surface area contributed by atoms with E-state index in [9.17, 15) is 9.59 Å². The van der Waals surface area contributed by atoms with E-state index in [-0.39, 0.29) is 18.6 Å². The molecule has 1 heterocycles. The van der Waals surface area contributed by atoms with Crippen molar-refractivity contribution in [2.75, 3.05) is 13.7 Å². The smallest absolute Gasteiger partial charge is 0.340 e.